The van der Waals surface area contributed by atoms with Gasteiger partial charge in [-0.15, -0.1) is 0 Å². The van der Waals surface area contributed by atoms with E-state index in [1.165, 1.54) is 0 Å². The second-order valence-corrected chi connectivity index (χ2v) is 4.78. The van der Waals surface area contributed by atoms with Gasteiger partial charge in [-0.25, -0.2) is 4.79 Å². The number of hydrogen-bond acceptors (Lipinski definition) is 3. The molecule has 0 fully saturated rings. The number of carboxylic acids is 1. The maximum Gasteiger partial charge on any atom is 0.335 e. The first-order valence-electron chi connectivity index (χ1n) is 6.83. The van der Waals surface area contributed by atoms with Gasteiger partial charge in [0.05, 0.1) is 11.7 Å². The molecule has 2 aromatic carbocycles. The van der Waals surface area contributed by atoms with Crippen LogP contribution in [0.25, 0.3) is 0 Å². The highest BCUT2D eigenvalue weighted by atomic mass is 16.5. The molecule has 1 atom stereocenters. The molecule has 0 radical (unpaired) electrons. The van der Waals surface area contributed by atoms with Gasteiger partial charge < -0.3 is 14.9 Å². The molecule has 0 aliphatic carbocycles. The predicted molar refractivity (Wildman–Crippen MR) is 79.4 cm³/mol. The van der Waals surface area contributed by atoms with Crippen LogP contribution in [0, 0.1) is 0 Å². The van der Waals surface area contributed by atoms with Gasteiger partial charge in [0.25, 0.3) is 0 Å². The summed E-state index contributed by atoms with van der Waals surface area (Å²) in [5.74, 6) is -0.225. The van der Waals surface area contributed by atoms with Gasteiger partial charge in [0.2, 0.25) is 0 Å². The molecule has 0 spiro atoms. The van der Waals surface area contributed by atoms with Crippen LogP contribution in [0.5, 0.6) is 5.75 Å². The zero-order valence-electron chi connectivity index (χ0n) is 11.8. The highest BCUT2D eigenvalue weighted by Gasteiger charge is 2.05. The molecular formula is C17H18O4. The molecule has 0 aliphatic rings. The van der Waals surface area contributed by atoms with Crippen molar-refractivity contribution in [2.45, 2.75) is 26.1 Å². The van der Waals surface area contributed by atoms with Crippen LogP contribution < -0.4 is 4.74 Å². The smallest absolute Gasteiger partial charge is 0.335 e. The van der Waals surface area contributed by atoms with Crippen molar-refractivity contribution in [3.05, 3.63) is 65.2 Å². The van der Waals surface area contributed by atoms with E-state index in [9.17, 15) is 9.90 Å². The second-order valence-electron chi connectivity index (χ2n) is 4.78. The second kappa shape index (κ2) is 6.90. The Kier molecular flexibility index (Phi) is 4.95. The third-order valence-corrected chi connectivity index (χ3v) is 3.26. The van der Waals surface area contributed by atoms with Crippen LogP contribution in [0.2, 0.25) is 0 Å². The molecule has 21 heavy (non-hydrogen) atoms. The van der Waals surface area contributed by atoms with Crippen molar-refractivity contribution in [1.29, 1.82) is 0 Å². The quantitative estimate of drug-likeness (QED) is 0.854. The van der Waals surface area contributed by atoms with Crippen molar-refractivity contribution in [3.8, 4) is 5.75 Å². The summed E-state index contributed by atoms with van der Waals surface area (Å²) in [5, 5.41) is 18.5. The lowest BCUT2D eigenvalue weighted by Gasteiger charge is -2.10. The molecule has 0 bridgehead atoms. The van der Waals surface area contributed by atoms with Crippen molar-refractivity contribution in [2.75, 3.05) is 0 Å². The summed E-state index contributed by atoms with van der Waals surface area (Å²) in [6.45, 7) is 2.30. The Morgan fingerprint density at radius 1 is 1.10 bits per heavy atom. The van der Waals surface area contributed by atoms with Gasteiger partial charge >= 0.3 is 5.97 Å². The fourth-order valence-electron chi connectivity index (χ4n) is 1.93. The Morgan fingerprint density at radius 3 is 2.24 bits per heavy atom. The minimum Gasteiger partial charge on any atom is -0.489 e. The van der Waals surface area contributed by atoms with Gasteiger partial charge in [-0.3, -0.25) is 0 Å². The minimum absolute atomic E-state index is 0.261. The van der Waals surface area contributed by atoms with E-state index < -0.39 is 12.1 Å². The summed E-state index contributed by atoms with van der Waals surface area (Å²) in [6.07, 6.45) is 0.235. The van der Waals surface area contributed by atoms with Crippen LogP contribution in [0.3, 0.4) is 0 Å². The van der Waals surface area contributed by atoms with Crippen LogP contribution in [0.15, 0.2) is 48.5 Å². The molecule has 0 unspecified atom stereocenters. The Hall–Kier alpha value is -2.33. The molecule has 4 nitrogen and oxygen atoms in total. The molecule has 0 heterocycles. The van der Waals surface area contributed by atoms with E-state index in [1.807, 2.05) is 31.2 Å². The van der Waals surface area contributed by atoms with Crippen LogP contribution in [0.1, 0.15) is 40.9 Å². The monoisotopic (exact) mass is 286 g/mol. The molecule has 0 saturated heterocycles. The van der Waals surface area contributed by atoms with Crippen LogP contribution in [-0.2, 0) is 6.61 Å². The third-order valence-electron chi connectivity index (χ3n) is 3.26. The first-order chi connectivity index (χ1) is 10.1. The summed E-state index contributed by atoms with van der Waals surface area (Å²) in [4.78, 5) is 10.8. The Labute approximate surface area is 123 Å². The normalized spacial score (nSPS) is 11.9. The van der Waals surface area contributed by atoms with Crippen LogP contribution >= 0.6 is 0 Å². The highest BCUT2D eigenvalue weighted by molar-refractivity contribution is 5.87. The van der Waals surface area contributed by atoms with E-state index in [-0.39, 0.29) is 5.56 Å². The van der Waals surface area contributed by atoms with Crippen molar-refractivity contribution in [2.24, 2.45) is 0 Å². The lowest BCUT2D eigenvalue weighted by Crippen LogP contribution is -1.99. The number of aromatic carboxylic acids is 1. The van der Waals surface area contributed by atoms with E-state index in [2.05, 4.69) is 0 Å². The fraction of sp³-hybridized carbons (Fsp3) is 0.235. The summed E-state index contributed by atoms with van der Waals surface area (Å²) >= 11 is 0. The summed E-state index contributed by atoms with van der Waals surface area (Å²) in [7, 11) is 0. The summed E-state index contributed by atoms with van der Waals surface area (Å²) < 4.78 is 5.63. The Morgan fingerprint density at radius 2 is 1.71 bits per heavy atom. The van der Waals surface area contributed by atoms with Gasteiger partial charge in [0.1, 0.15) is 12.4 Å². The van der Waals surface area contributed by atoms with E-state index >= 15 is 0 Å². The average molecular weight is 286 g/mol. The SMILES string of the molecule is CC[C@@H](O)c1ccc(OCc2ccc(C(=O)O)cc2)cc1. The number of ether oxygens (including phenoxy) is 1. The fourth-order valence-corrected chi connectivity index (χ4v) is 1.93. The maximum atomic E-state index is 10.8. The number of carboxylic acid groups (broad SMARTS) is 1. The number of aliphatic hydroxyl groups is 1. The molecule has 4 heteroatoms. The van der Waals surface area contributed by atoms with Crippen molar-refractivity contribution in [1.82, 2.24) is 0 Å². The molecule has 2 rings (SSSR count). The molecule has 0 aromatic heterocycles. The molecule has 0 saturated carbocycles. The molecule has 0 amide bonds. The molecular weight excluding hydrogens is 268 g/mol. The zero-order valence-corrected chi connectivity index (χ0v) is 11.8. The number of rotatable bonds is 6. The van der Waals surface area contributed by atoms with Gasteiger partial charge in [0, 0.05) is 0 Å². The summed E-state index contributed by atoms with van der Waals surface area (Å²) in [5.41, 5.74) is 2.03. The van der Waals surface area contributed by atoms with Crippen molar-refractivity contribution < 1.29 is 19.7 Å². The third kappa shape index (κ3) is 4.07. The van der Waals surface area contributed by atoms with E-state index in [4.69, 9.17) is 9.84 Å². The molecule has 2 aromatic rings. The van der Waals surface area contributed by atoms with Crippen LogP contribution in [-0.4, -0.2) is 16.2 Å². The lowest BCUT2D eigenvalue weighted by atomic mass is 10.1. The highest BCUT2D eigenvalue weighted by Crippen LogP contribution is 2.20. The number of benzene rings is 2. The Balaban J connectivity index is 1.95. The van der Waals surface area contributed by atoms with Gasteiger partial charge in [-0.05, 0) is 41.8 Å². The van der Waals surface area contributed by atoms with Gasteiger partial charge in [0.15, 0.2) is 0 Å². The Bertz CT molecular complexity index is 587. The topological polar surface area (TPSA) is 66.8 Å². The standard InChI is InChI=1S/C17H18O4/c1-2-16(18)13-7-9-15(10-8-13)21-11-12-3-5-14(6-4-12)17(19)20/h3-10,16,18H,2,11H2,1H3,(H,19,20)/t16-/m1/s1. The van der Waals surface area contributed by atoms with Crippen molar-refractivity contribution in [3.63, 3.8) is 0 Å². The maximum absolute atomic E-state index is 10.8. The van der Waals surface area contributed by atoms with Crippen molar-refractivity contribution >= 4 is 5.97 Å². The first-order valence-corrected chi connectivity index (χ1v) is 6.83. The average Bonchev–Trinajstić information content (AvgIpc) is 2.53. The van der Waals surface area contributed by atoms with Gasteiger partial charge in [-0.2, -0.15) is 0 Å². The number of hydrogen-bond donors (Lipinski definition) is 2. The van der Waals surface area contributed by atoms with E-state index in [1.54, 1.807) is 24.3 Å². The van der Waals surface area contributed by atoms with E-state index in [0.29, 0.717) is 18.8 Å². The zero-order chi connectivity index (χ0) is 15.2. The molecule has 0 aliphatic heterocycles. The first kappa shape index (κ1) is 15.1. The van der Waals surface area contributed by atoms with Crippen LogP contribution in [0.4, 0.5) is 0 Å². The number of aliphatic hydroxyl groups excluding tert-OH is 1. The van der Waals surface area contributed by atoms with E-state index in [0.717, 1.165) is 11.1 Å². The lowest BCUT2D eigenvalue weighted by molar-refractivity contribution is 0.0697. The largest absolute Gasteiger partial charge is 0.489 e. The minimum atomic E-state index is -0.937. The summed E-state index contributed by atoms with van der Waals surface area (Å²) in [6, 6.07) is 13.9. The molecule has 2 N–H and O–H groups in total. The predicted octanol–water partition coefficient (Wildman–Crippen LogP) is 3.41. The number of carbonyl (C=O) groups is 1. The molecule has 110 valence electrons. The van der Waals surface area contributed by atoms with Gasteiger partial charge in [-0.1, -0.05) is 31.2 Å².